The molecule has 0 aliphatic heterocycles. The first-order chi connectivity index (χ1) is 21.2. The fraction of sp³-hybridized carbons (Fsp3) is 0.960. The topological polar surface area (TPSA) is 74.3 Å². The van der Waals surface area contributed by atoms with Crippen LogP contribution in [0.4, 0.5) is 74.6 Å². The molecule has 0 amide bonds. The van der Waals surface area contributed by atoms with Gasteiger partial charge in [-0.05, 0) is 49.9 Å². The Morgan fingerprint density at radius 2 is 0.979 bits per heavy atom. The standard InChI is InChI=1S/C17H27OS.C8HF17O3S/c1-19(16-5-3-2-4-15(16)18)17-9-12-6-13(10-17)8-14(7-12)11-17;9-1(10,3(13,14)5(17,18)7(21,22)23)2(11,12)4(15,16)6(19,20)8(24,25)29(26,27)28/h12-14,16H,2-11H2,1H3;(H,26,27,28)/q+1;/p-1. The van der Waals surface area contributed by atoms with Crippen LogP contribution in [0.2, 0.25) is 0 Å². The van der Waals surface area contributed by atoms with Crippen molar-refractivity contribution in [2.75, 3.05) is 6.26 Å². The Morgan fingerprint density at radius 1 is 0.625 bits per heavy atom. The van der Waals surface area contributed by atoms with Crippen LogP contribution in [0, 0.1) is 17.8 Å². The van der Waals surface area contributed by atoms with Gasteiger partial charge in [0.05, 0.1) is 6.26 Å². The van der Waals surface area contributed by atoms with Crippen molar-refractivity contribution in [3.05, 3.63) is 0 Å². The zero-order valence-corrected chi connectivity index (χ0v) is 25.9. The normalized spacial score (nSPS) is 30.2. The molecule has 282 valence electrons. The predicted molar refractivity (Wildman–Crippen MR) is 132 cm³/mol. The van der Waals surface area contributed by atoms with Crippen LogP contribution in [-0.4, -0.2) is 82.0 Å². The van der Waals surface area contributed by atoms with Gasteiger partial charge in [-0.2, -0.15) is 74.6 Å². The predicted octanol–water partition coefficient (Wildman–Crippen LogP) is 8.21. The van der Waals surface area contributed by atoms with Crippen LogP contribution in [0.15, 0.2) is 0 Å². The molecule has 5 aliphatic carbocycles. The number of hydrogen-bond donors (Lipinski definition) is 0. The number of hydrogen-bond acceptors (Lipinski definition) is 4. The first-order valence-electron chi connectivity index (χ1n) is 14.0. The van der Waals surface area contributed by atoms with E-state index in [9.17, 15) is 92.4 Å². The van der Waals surface area contributed by atoms with Crippen molar-refractivity contribution in [3.8, 4) is 0 Å². The van der Waals surface area contributed by atoms with Gasteiger partial charge in [-0.1, -0.05) is 0 Å². The minimum atomic E-state index is -8.92. The van der Waals surface area contributed by atoms with E-state index in [2.05, 4.69) is 6.26 Å². The van der Waals surface area contributed by atoms with Crippen LogP contribution >= 0.6 is 0 Å². The fourth-order valence-electron chi connectivity index (χ4n) is 7.36. The number of ketones is 1. The minimum absolute atomic E-state index is 0.359. The van der Waals surface area contributed by atoms with Gasteiger partial charge in [-0.25, -0.2) is 8.42 Å². The molecule has 4 bridgehead atoms. The highest BCUT2D eigenvalue weighted by Crippen LogP contribution is 2.64. The molecule has 2 unspecified atom stereocenters. The van der Waals surface area contributed by atoms with Crippen LogP contribution < -0.4 is 0 Å². The average Bonchev–Trinajstić information content (AvgIpc) is 2.90. The first kappa shape index (κ1) is 41.2. The summed E-state index contributed by atoms with van der Waals surface area (Å²) in [6, 6.07) is 0. The lowest BCUT2D eigenvalue weighted by Gasteiger charge is -2.55. The van der Waals surface area contributed by atoms with Crippen molar-refractivity contribution in [1.82, 2.24) is 0 Å². The lowest BCUT2D eigenvalue weighted by molar-refractivity contribution is -0.458. The van der Waals surface area contributed by atoms with E-state index in [1.807, 2.05) is 0 Å². The summed E-state index contributed by atoms with van der Waals surface area (Å²) in [5.74, 6) is -48.4. The highest BCUT2D eigenvalue weighted by atomic mass is 32.2. The van der Waals surface area contributed by atoms with Gasteiger partial charge in [0, 0.05) is 43.0 Å². The fourth-order valence-corrected chi connectivity index (χ4v) is 10.9. The van der Waals surface area contributed by atoms with E-state index in [1.54, 1.807) is 0 Å². The van der Waals surface area contributed by atoms with E-state index < -0.39 is 57.1 Å². The summed E-state index contributed by atoms with van der Waals surface area (Å²) in [6.07, 6.45) is 8.13. The average molecular weight is 779 g/mol. The van der Waals surface area contributed by atoms with Gasteiger partial charge >= 0.3 is 47.0 Å². The summed E-state index contributed by atoms with van der Waals surface area (Å²) in [5, 5.41) is -7.50. The molecule has 5 fully saturated rings. The molecule has 4 nitrogen and oxygen atoms in total. The summed E-state index contributed by atoms with van der Waals surface area (Å²) in [6.45, 7) is 0. The zero-order valence-electron chi connectivity index (χ0n) is 24.3. The molecule has 5 saturated carbocycles. The van der Waals surface area contributed by atoms with Gasteiger partial charge in [0.2, 0.25) is 0 Å². The van der Waals surface area contributed by atoms with Crippen molar-refractivity contribution >= 4 is 26.8 Å². The lowest BCUT2D eigenvalue weighted by Crippen LogP contribution is -2.75. The largest absolute Gasteiger partial charge is 0.743 e. The van der Waals surface area contributed by atoms with E-state index in [-0.39, 0.29) is 0 Å². The third-order valence-electron chi connectivity index (χ3n) is 9.60. The lowest BCUT2D eigenvalue weighted by atomic mass is 9.56. The molecule has 0 aromatic carbocycles. The molecule has 23 heteroatoms. The second-order valence-corrected chi connectivity index (χ2v) is 16.7. The Morgan fingerprint density at radius 3 is 1.31 bits per heavy atom. The monoisotopic (exact) mass is 778 g/mol. The van der Waals surface area contributed by atoms with Crippen molar-refractivity contribution in [2.24, 2.45) is 17.8 Å². The molecule has 0 spiro atoms. The molecule has 0 saturated heterocycles. The maximum absolute atomic E-state index is 13.0. The summed E-state index contributed by atoms with van der Waals surface area (Å²) in [4.78, 5) is 12.3. The van der Waals surface area contributed by atoms with Crippen LogP contribution in [0.1, 0.15) is 64.2 Å². The summed E-state index contributed by atoms with van der Waals surface area (Å²) >= 11 is 0. The van der Waals surface area contributed by atoms with E-state index in [0.717, 1.165) is 30.6 Å². The number of carbonyl (C=O) groups is 1. The Hall–Kier alpha value is -1.26. The molecule has 5 aliphatic rings. The van der Waals surface area contributed by atoms with Gasteiger partial charge in [0.15, 0.2) is 21.2 Å². The molecule has 2 atom stereocenters. The Labute approximate surface area is 264 Å². The van der Waals surface area contributed by atoms with E-state index in [1.165, 1.54) is 51.4 Å². The Balaban J connectivity index is 0.000000279. The highest BCUT2D eigenvalue weighted by Gasteiger charge is 2.95. The quantitative estimate of drug-likeness (QED) is 0.135. The second kappa shape index (κ2) is 12.2. The number of Topliss-reactive ketones (excluding diaryl/α,β-unsaturated/α-hetero) is 1. The van der Waals surface area contributed by atoms with Crippen molar-refractivity contribution < 1.29 is 92.4 Å². The molecule has 5 rings (SSSR count). The van der Waals surface area contributed by atoms with E-state index in [0.29, 0.717) is 26.7 Å². The molecule has 0 aromatic heterocycles. The smallest absolute Gasteiger partial charge is 0.460 e. The van der Waals surface area contributed by atoms with E-state index in [4.69, 9.17) is 0 Å². The first-order valence-corrected chi connectivity index (χ1v) is 17.1. The highest BCUT2D eigenvalue weighted by molar-refractivity contribution is 7.98. The molecule has 0 radical (unpaired) electrons. The Kier molecular flexibility index (Phi) is 10.4. The molecule has 0 N–H and O–H groups in total. The number of carbonyl (C=O) groups excluding carboxylic acids is 1. The van der Waals surface area contributed by atoms with Gasteiger partial charge in [-0.15, -0.1) is 0 Å². The summed E-state index contributed by atoms with van der Waals surface area (Å²) in [7, 11) is -7.78. The van der Waals surface area contributed by atoms with E-state index >= 15 is 0 Å². The zero-order chi connectivity index (χ0) is 37.5. The SMILES string of the molecule is C[S+](C1CCCCC1=O)C12CC3CC(CC(C3)C1)C2.O=S(=O)([O-])C(F)(F)C(F)(F)C(F)(F)C(F)(F)C(F)(F)C(F)(F)C(F)(F)C(F)(F)F. The molecular weight excluding hydrogens is 751 g/mol. The molecule has 0 aromatic rings. The maximum atomic E-state index is 13.0. The molecule has 0 heterocycles. The number of halogens is 17. The molecular formula is C25H27F17O4S2. The second-order valence-electron chi connectivity index (χ2n) is 12.8. The number of alkyl halides is 17. The van der Waals surface area contributed by atoms with Gasteiger partial charge in [0.25, 0.3) is 0 Å². The summed E-state index contributed by atoms with van der Waals surface area (Å²) in [5.41, 5.74) is 0. The van der Waals surface area contributed by atoms with Crippen LogP contribution in [0.3, 0.4) is 0 Å². The van der Waals surface area contributed by atoms with Crippen molar-refractivity contribution in [1.29, 1.82) is 0 Å². The van der Waals surface area contributed by atoms with Crippen LogP contribution in [0.25, 0.3) is 0 Å². The van der Waals surface area contributed by atoms with Crippen molar-refractivity contribution in [3.63, 3.8) is 0 Å². The van der Waals surface area contributed by atoms with Gasteiger partial charge < -0.3 is 4.55 Å². The van der Waals surface area contributed by atoms with Gasteiger partial charge in [-0.3, -0.25) is 4.79 Å². The molecule has 48 heavy (non-hydrogen) atoms. The Bertz CT molecular complexity index is 1290. The maximum Gasteiger partial charge on any atom is 0.460 e. The number of rotatable bonds is 9. The third kappa shape index (κ3) is 6.07. The van der Waals surface area contributed by atoms with Crippen LogP contribution in [-0.2, 0) is 25.8 Å². The van der Waals surface area contributed by atoms with Crippen molar-refractivity contribution in [2.45, 2.75) is 121 Å². The van der Waals surface area contributed by atoms with Crippen LogP contribution in [0.5, 0.6) is 0 Å². The summed E-state index contributed by atoms with van der Waals surface area (Å²) < 4.78 is 245. The minimum Gasteiger partial charge on any atom is -0.743 e. The van der Waals surface area contributed by atoms with Gasteiger partial charge in [0.1, 0.15) is 4.75 Å². The third-order valence-corrected chi connectivity index (χ3v) is 13.7.